The molecular weight excluding hydrogens is 506 g/mol. The second kappa shape index (κ2) is 11.0. The van der Waals surface area contributed by atoms with Gasteiger partial charge in [0, 0.05) is 59.1 Å². The first-order valence-corrected chi connectivity index (χ1v) is 13.9. The Morgan fingerprint density at radius 2 is 2.00 bits per heavy atom. The van der Waals surface area contributed by atoms with Crippen LogP contribution in [0.3, 0.4) is 0 Å². The standard InChI is InChI=1S/C31H33N5O2S/c1-20-9-10-21-15-26(22-6-4-8-25(32)14-22)27(16-24(21)18-36(20)13-11-31(2,3)38)34-29(37)28-19-39-30(35-28)23-7-5-12-33-17-23/h4-8,10,12,14-20,38H,9,11,13,32H2,1-3H3,(H,34,37). The summed E-state index contributed by atoms with van der Waals surface area (Å²) in [6.45, 7) is 6.58. The Labute approximate surface area is 232 Å². The molecule has 0 saturated carbocycles. The number of carbonyl (C=O) groups excluding carboxylic acids is 1. The number of hydrogen-bond donors (Lipinski definition) is 3. The van der Waals surface area contributed by atoms with E-state index in [0.717, 1.165) is 45.1 Å². The maximum atomic E-state index is 13.4. The first-order valence-electron chi connectivity index (χ1n) is 13.0. The highest BCUT2D eigenvalue weighted by Gasteiger charge is 2.19. The van der Waals surface area contributed by atoms with Crippen molar-refractivity contribution in [3.63, 3.8) is 0 Å². The van der Waals surface area contributed by atoms with Gasteiger partial charge in [0.15, 0.2) is 0 Å². The molecule has 8 heteroatoms. The predicted octanol–water partition coefficient (Wildman–Crippen LogP) is 4.48. The van der Waals surface area contributed by atoms with E-state index in [9.17, 15) is 9.90 Å². The van der Waals surface area contributed by atoms with E-state index < -0.39 is 5.60 Å². The van der Waals surface area contributed by atoms with E-state index in [4.69, 9.17) is 5.73 Å². The molecule has 4 N–H and O–H groups in total. The fraction of sp³-hybridized carbons (Fsp3) is 0.258. The van der Waals surface area contributed by atoms with Crippen LogP contribution < -0.4 is 21.5 Å². The molecule has 5 rings (SSSR count). The average molecular weight is 540 g/mol. The number of carbonyl (C=O) groups is 1. The lowest BCUT2D eigenvalue weighted by Gasteiger charge is -2.29. The van der Waals surface area contributed by atoms with Gasteiger partial charge in [-0.25, -0.2) is 4.98 Å². The SMILES string of the molecule is CC1CC=c2cc(-c3cccc(N)c3)c(NC(=O)c3csc(-c4cccnc4)n3)cc2=CN1CCC(C)(C)O. The van der Waals surface area contributed by atoms with Crippen molar-refractivity contribution in [3.05, 3.63) is 82.4 Å². The van der Waals surface area contributed by atoms with Gasteiger partial charge in [-0.1, -0.05) is 18.2 Å². The number of aliphatic hydroxyl groups is 1. The van der Waals surface area contributed by atoms with E-state index in [1.165, 1.54) is 11.3 Å². The lowest BCUT2D eigenvalue weighted by Crippen LogP contribution is -2.34. The largest absolute Gasteiger partial charge is 0.399 e. The highest BCUT2D eigenvalue weighted by molar-refractivity contribution is 7.13. The zero-order valence-electron chi connectivity index (χ0n) is 22.4. The Morgan fingerprint density at radius 1 is 1.18 bits per heavy atom. The van der Waals surface area contributed by atoms with Crippen LogP contribution in [-0.4, -0.2) is 44.1 Å². The van der Waals surface area contributed by atoms with E-state index in [2.05, 4.69) is 45.5 Å². The van der Waals surface area contributed by atoms with E-state index in [0.29, 0.717) is 23.5 Å². The second-order valence-electron chi connectivity index (χ2n) is 10.6. The molecule has 1 amide bonds. The molecule has 1 unspecified atom stereocenters. The van der Waals surface area contributed by atoms with Gasteiger partial charge >= 0.3 is 0 Å². The van der Waals surface area contributed by atoms with Crippen LogP contribution in [0.1, 0.15) is 44.1 Å². The predicted molar refractivity (Wildman–Crippen MR) is 159 cm³/mol. The van der Waals surface area contributed by atoms with Crippen LogP contribution in [0.5, 0.6) is 0 Å². The minimum atomic E-state index is -0.745. The summed E-state index contributed by atoms with van der Waals surface area (Å²) in [6.07, 6.45) is 9.34. The lowest BCUT2D eigenvalue weighted by atomic mass is 10.0. The molecule has 2 aromatic carbocycles. The van der Waals surface area contributed by atoms with Crippen molar-refractivity contribution in [1.29, 1.82) is 0 Å². The Balaban J connectivity index is 1.55. The zero-order valence-corrected chi connectivity index (χ0v) is 23.2. The van der Waals surface area contributed by atoms with E-state index in [1.54, 1.807) is 17.8 Å². The number of nitrogen functional groups attached to an aromatic ring is 1. The third kappa shape index (κ3) is 6.35. The van der Waals surface area contributed by atoms with Gasteiger partial charge in [0.05, 0.1) is 5.60 Å². The molecule has 4 aromatic rings. The van der Waals surface area contributed by atoms with Crippen LogP contribution in [0, 0.1) is 0 Å². The molecule has 0 fully saturated rings. The second-order valence-corrected chi connectivity index (χ2v) is 11.5. The maximum absolute atomic E-state index is 13.4. The van der Waals surface area contributed by atoms with Crippen molar-refractivity contribution < 1.29 is 9.90 Å². The summed E-state index contributed by atoms with van der Waals surface area (Å²) in [5, 5.41) is 18.0. The third-order valence-corrected chi connectivity index (χ3v) is 7.74. The molecule has 1 aliphatic rings. The highest BCUT2D eigenvalue weighted by Crippen LogP contribution is 2.29. The number of amides is 1. The number of aromatic nitrogens is 2. The number of nitrogens with two attached hydrogens (primary N) is 1. The molecule has 200 valence electrons. The molecule has 2 aromatic heterocycles. The summed E-state index contributed by atoms with van der Waals surface area (Å²) < 4.78 is 0. The van der Waals surface area contributed by atoms with E-state index in [-0.39, 0.29) is 11.9 Å². The third-order valence-electron chi connectivity index (χ3n) is 6.85. The number of hydrogen-bond acceptors (Lipinski definition) is 7. The monoisotopic (exact) mass is 539 g/mol. The fourth-order valence-electron chi connectivity index (χ4n) is 4.58. The molecule has 7 nitrogen and oxygen atoms in total. The van der Waals surface area contributed by atoms with Gasteiger partial charge in [0.25, 0.3) is 5.91 Å². The molecule has 0 saturated heterocycles. The smallest absolute Gasteiger partial charge is 0.275 e. The Hall–Kier alpha value is -4.01. The van der Waals surface area contributed by atoms with Gasteiger partial charge in [-0.3, -0.25) is 9.78 Å². The molecule has 1 aliphatic heterocycles. The topological polar surface area (TPSA) is 104 Å². The Morgan fingerprint density at radius 3 is 2.74 bits per heavy atom. The quantitative estimate of drug-likeness (QED) is 0.299. The minimum absolute atomic E-state index is 0.273. The van der Waals surface area contributed by atoms with Crippen molar-refractivity contribution in [2.24, 2.45) is 0 Å². The van der Waals surface area contributed by atoms with Gasteiger partial charge in [-0.2, -0.15) is 0 Å². The van der Waals surface area contributed by atoms with Crippen molar-refractivity contribution in [2.45, 2.75) is 45.3 Å². The van der Waals surface area contributed by atoms with Gasteiger partial charge in [-0.05, 0) is 86.0 Å². The number of anilines is 2. The van der Waals surface area contributed by atoms with E-state index in [1.807, 2.05) is 56.3 Å². The Kier molecular flexibility index (Phi) is 7.50. The fourth-order valence-corrected chi connectivity index (χ4v) is 5.37. The van der Waals surface area contributed by atoms with Crippen molar-refractivity contribution in [1.82, 2.24) is 14.9 Å². The number of rotatable bonds is 7. The number of benzene rings is 2. The molecule has 0 aliphatic carbocycles. The summed E-state index contributed by atoms with van der Waals surface area (Å²) >= 11 is 1.41. The molecule has 0 spiro atoms. The van der Waals surface area contributed by atoms with Crippen LogP contribution in [-0.2, 0) is 0 Å². The van der Waals surface area contributed by atoms with Crippen LogP contribution in [0.15, 0.2) is 66.3 Å². The van der Waals surface area contributed by atoms with E-state index >= 15 is 0 Å². The van der Waals surface area contributed by atoms with Crippen LogP contribution in [0.2, 0.25) is 0 Å². The Bertz CT molecular complexity index is 1610. The number of fused-ring (bicyclic) bond motifs is 1. The molecule has 0 radical (unpaired) electrons. The molecule has 0 bridgehead atoms. The normalized spacial score (nSPS) is 15.1. The number of nitrogens with one attached hydrogen (secondary N) is 1. The molecular formula is C31H33N5O2S. The summed E-state index contributed by atoms with van der Waals surface area (Å²) in [5.74, 6) is -0.281. The lowest BCUT2D eigenvalue weighted by molar-refractivity contribution is 0.0617. The maximum Gasteiger partial charge on any atom is 0.275 e. The van der Waals surface area contributed by atoms with Gasteiger partial charge in [0.2, 0.25) is 0 Å². The highest BCUT2D eigenvalue weighted by atomic mass is 32.1. The molecule has 1 atom stereocenters. The summed E-state index contributed by atoms with van der Waals surface area (Å²) in [4.78, 5) is 24.4. The average Bonchev–Trinajstić information content (AvgIpc) is 3.35. The van der Waals surface area contributed by atoms with Crippen molar-refractivity contribution in [3.8, 4) is 21.7 Å². The number of thiazole rings is 1. The van der Waals surface area contributed by atoms with Crippen molar-refractivity contribution in [2.75, 3.05) is 17.6 Å². The number of pyridine rings is 1. The summed E-state index contributed by atoms with van der Waals surface area (Å²) in [6, 6.07) is 15.9. The molecule has 3 heterocycles. The van der Waals surface area contributed by atoms with Gasteiger partial charge < -0.3 is 21.1 Å². The first-order chi connectivity index (χ1) is 18.7. The zero-order chi connectivity index (χ0) is 27.6. The summed E-state index contributed by atoms with van der Waals surface area (Å²) in [7, 11) is 0. The van der Waals surface area contributed by atoms with Gasteiger partial charge in [-0.15, -0.1) is 11.3 Å². The minimum Gasteiger partial charge on any atom is -0.399 e. The van der Waals surface area contributed by atoms with Crippen LogP contribution in [0.25, 0.3) is 34.0 Å². The summed E-state index contributed by atoms with van der Waals surface area (Å²) in [5.41, 5.74) is 9.75. The first kappa shape index (κ1) is 26.6. The molecule has 39 heavy (non-hydrogen) atoms. The van der Waals surface area contributed by atoms with Crippen LogP contribution in [0.4, 0.5) is 11.4 Å². The van der Waals surface area contributed by atoms with Crippen molar-refractivity contribution >= 4 is 40.9 Å². The van der Waals surface area contributed by atoms with Crippen LogP contribution >= 0.6 is 11.3 Å². The number of nitrogens with zero attached hydrogens (tertiary/aromatic N) is 3. The van der Waals surface area contributed by atoms with Gasteiger partial charge in [0.1, 0.15) is 10.7 Å².